The number of hydrogen-bond acceptors (Lipinski definition) is 2. The molecule has 0 saturated carbocycles. The molecule has 0 bridgehead atoms. The van der Waals surface area contributed by atoms with E-state index in [1.807, 2.05) is 32.0 Å². The summed E-state index contributed by atoms with van der Waals surface area (Å²) < 4.78 is 0. The highest BCUT2D eigenvalue weighted by molar-refractivity contribution is 6.17. The van der Waals surface area contributed by atoms with Gasteiger partial charge in [0.25, 0.3) is 0 Å². The minimum absolute atomic E-state index is 0.0193. The number of nitrogens with one attached hydrogen (secondary N) is 2. The van der Waals surface area contributed by atoms with Gasteiger partial charge in [0.1, 0.15) is 0 Å². The van der Waals surface area contributed by atoms with Gasteiger partial charge in [-0.3, -0.25) is 9.59 Å². The number of carbonyl (C=O) groups is 2. The summed E-state index contributed by atoms with van der Waals surface area (Å²) in [4.78, 5) is 23.0. The maximum absolute atomic E-state index is 11.7. The zero-order valence-corrected chi connectivity index (χ0v) is 12.0. The lowest BCUT2D eigenvalue weighted by atomic mass is 10.1. The van der Waals surface area contributed by atoms with Crippen LogP contribution in [0.15, 0.2) is 18.2 Å². The summed E-state index contributed by atoms with van der Waals surface area (Å²) in [5.74, 6) is 0.0620. The number of alkyl halides is 1. The van der Waals surface area contributed by atoms with E-state index < -0.39 is 0 Å². The molecule has 4 nitrogen and oxygen atoms in total. The zero-order valence-electron chi connectivity index (χ0n) is 11.3. The first-order chi connectivity index (χ1) is 9.04. The molecule has 0 saturated heterocycles. The van der Waals surface area contributed by atoms with Gasteiger partial charge in [0.2, 0.25) is 11.8 Å². The number of aryl methyl sites for hydroxylation is 1. The van der Waals surface area contributed by atoms with Crippen molar-refractivity contribution < 1.29 is 9.59 Å². The van der Waals surface area contributed by atoms with Crippen molar-refractivity contribution in [2.45, 2.75) is 26.7 Å². The standard InChI is InChI=1S/C14H19ClN2O2/c1-10-5-3-6-12(11(10)2)17-14(19)9-16-13(18)7-4-8-15/h3,5-6H,4,7-9H2,1-2H3,(H,16,18)(H,17,19). The van der Waals surface area contributed by atoms with Crippen molar-refractivity contribution in [3.63, 3.8) is 0 Å². The summed E-state index contributed by atoms with van der Waals surface area (Å²) in [5.41, 5.74) is 2.92. The molecule has 104 valence electrons. The molecule has 0 aromatic heterocycles. The van der Waals surface area contributed by atoms with Crippen LogP contribution in [0, 0.1) is 13.8 Å². The van der Waals surface area contributed by atoms with Crippen LogP contribution < -0.4 is 10.6 Å². The third-order valence-corrected chi connectivity index (χ3v) is 3.13. The Balaban J connectivity index is 2.43. The molecule has 5 heteroatoms. The smallest absolute Gasteiger partial charge is 0.243 e. The molecule has 0 fully saturated rings. The van der Waals surface area contributed by atoms with E-state index in [1.54, 1.807) is 0 Å². The van der Waals surface area contributed by atoms with Crippen molar-refractivity contribution in [3.8, 4) is 0 Å². The third-order valence-electron chi connectivity index (χ3n) is 2.86. The molecule has 0 unspecified atom stereocenters. The van der Waals surface area contributed by atoms with Crippen LogP contribution in [0.3, 0.4) is 0 Å². The molecule has 2 N–H and O–H groups in total. The second kappa shape index (κ2) is 7.79. The van der Waals surface area contributed by atoms with Crippen LogP contribution in [0.25, 0.3) is 0 Å². The number of carbonyl (C=O) groups excluding carboxylic acids is 2. The molecular weight excluding hydrogens is 264 g/mol. The van der Waals surface area contributed by atoms with Crippen LogP contribution in [-0.2, 0) is 9.59 Å². The Morgan fingerprint density at radius 1 is 1.21 bits per heavy atom. The number of rotatable bonds is 6. The Labute approximate surface area is 118 Å². The number of benzene rings is 1. The second-order valence-corrected chi connectivity index (χ2v) is 4.74. The molecule has 0 heterocycles. The van der Waals surface area contributed by atoms with Crippen LogP contribution in [0.2, 0.25) is 0 Å². The molecule has 1 rings (SSSR count). The summed E-state index contributed by atoms with van der Waals surface area (Å²) in [7, 11) is 0. The lowest BCUT2D eigenvalue weighted by Gasteiger charge is -2.10. The van der Waals surface area contributed by atoms with Gasteiger partial charge in [0.05, 0.1) is 6.54 Å². The Bertz CT molecular complexity index is 461. The molecule has 0 radical (unpaired) electrons. The second-order valence-electron chi connectivity index (χ2n) is 4.36. The highest BCUT2D eigenvalue weighted by atomic mass is 35.5. The first-order valence-corrected chi connectivity index (χ1v) is 6.76. The lowest BCUT2D eigenvalue weighted by Crippen LogP contribution is -2.32. The van der Waals surface area contributed by atoms with E-state index in [-0.39, 0.29) is 18.4 Å². The van der Waals surface area contributed by atoms with Gasteiger partial charge in [-0.25, -0.2) is 0 Å². The first-order valence-electron chi connectivity index (χ1n) is 6.23. The van der Waals surface area contributed by atoms with E-state index in [9.17, 15) is 9.59 Å². The normalized spacial score (nSPS) is 10.1. The topological polar surface area (TPSA) is 58.2 Å². The van der Waals surface area contributed by atoms with E-state index in [1.165, 1.54) is 0 Å². The molecule has 0 aliphatic heterocycles. The molecule has 1 aromatic carbocycles. The van der Waals surface area contributed by atoms with Gasteiger partial charge in [0, 0.05) is 18.0 Å². The average molecular weight is 283 g/mol. The minimum atomic E-state index is -0.229. The van der Waals surface area contributed by atoms with E-state index >= 15 is 0 Å². The SMILES string of the molecule is Cc1cccc(NC(=O)CNC(=O)CCCCl)c1C. The minimum Gasteiger partial charge on any atom is -0.347 e. The van der Waals surface area contributed by atoms with Crippen molar-refractivity contribution in [1.29, 1.82) is 0 Å². The van der Waals surface area contributed by atoms with Crippen molar-refractivity contribution in [1.82, 2.24) is 5.32 Å². The van der Waals surface area contributed by atoms with Crippen LogP contribution in [0.1, 0.15) is 24.0 Å². The van der Waals surface area contributed by atoms with Gasteiger partial charge in [0.15, 0.2) is 0 Å². The van der Waals surface area contributed by atoms with Crippen LogP contribution in [0.5, 0.6) is 0 Å². The summed E-state index contributed by atoms with van der Waals surface area (Å²) in [6, 6.07) is 5.71. The van der Waals surface area contributed by atoms with Gasteiger partial charge in [-0.1, -0.05) is 12.1 Å². The average Bonchev–Trinajstić information content (AvgIpc) is 2.39. The summed E-state index contributed by atoms with van der Waals surface area (Å²) >= 11 is 5.49. The summed E-state index contributed by atoms with van der Waals surface area (Å²) in [6.45, 7) is 3.91. The van der Waals surface area contributed by atoms with Crippen LogP contribution in [0.4, 0.5) is 5.69 Å². The molecule has 2 amide bonds. The predicted octanol–water partition coefficient (Wildman–Crippen LogP) is 2.38. The van der Waals surface area contributed by atoms with E-state index in [4.69, 9.17) is 11.6 Å². The van der Waals surface area contributed by atoms with Gasteiger partial charge in [-0.2, -0.15) is 0 Å². The van der Waals surface area contributed by atoms with Crippen LogP contribution in [-0.4, -0.2) is 24.2 Å². The Kier molecular flexibility index (Phi) is 6.36. The fraction of sp³-hybridized carbons (Fsp3) is 0.429. The Hall–Kier alpha value is -1.55. The number of hydrogen-bond donors (Lipinski definition) is 2. The quantitative estimate of drug-likeness (QED) is 0.787. The highest BCUT2D eigenvalue weighted by Crippen LogP contribution is 2.17. The largest absolute Gasteiger partial charge is 0.347 e. The van der Waals surface area contributed by atoms with E-state index in [0.717, 1.165) is 16.8 Å². The molecule has 19 heavy (non-hydrogen) atoms. The lowest BCUT2D eigenvalue weighted by molar-refractivity contribution is -0.124. The molecule has 0 atom stereocenters. The fourth-order valence-electron chi connectivity index (χ4n) is 1.58. The number of amides is 2. The van der Waals surface area contributed by atoms with Gasteiger partial charge in [-0.15, -0.1) is 11.6 Å². The first kappa shape index (κ1) is 15.5. The Morgan fingerprint density at radius 2 is 1.95 bits per heavy atom. The van der Waals surface area contributed by atoms with E-state index in [0.29, 0.717) is 18.7 Å². The zero-order chi connectivity index (χ0) is 14.3. The fourth-order valence-corrected chi connectivity index (χ4v) is 1.71. The predicted molar refractivity (Wildman–Crippen MR) is 77.5 cm³/mol. The maximum Gasteiger partial charge on any atom is 0.243 e. The summed E-state index contributed by atoms with van der Waals surface area (Å²) in [5, 5.41) is 5.34. The molecule has 0 aliphatic rings. The van der Waals surface area contributed by atoms with Crippen molar-refractivity contribution in [2.75, 3.05) is 17.7 Å². The monoisotopic (exact) mass is 282 g/mol. The molecule has 1 aromatic rings. The van der Waals surface area contributed by atoms with E-state index in [2.05, 4.69) is 10.6 Å². The third kappa shape index (κ3) is 5.30. The Morgan fingerprint density at radius 3 is 2.63 bits per heavy atom. The highest BCUT2D eigenvalue weighted by Gasteiger charge is 2.07. The van der Waals surface area contributed by atoms with Crippen molar-refractivity contribution in [2.24, 2.45) is 0 Å². The van der Waals surface area contributed by atoms with Gasteiger partial charge < -0.3 is 10.6 Å². The summed E-state index contributed by atoms with van der Waals surface area (Å²) in [6.07, 6.45) is 0.965. The number of anilines is 1. The van der Waals surface area contributed by atoms with Crippen molar-refractivity contribution in [3.05, 3.63) is 29.3 Å². The maximum atomic E-state index is 11.7. The molecule has 0 aliphatic carbocycles. The van der Waals surface area contributed by atoms with Gasteiger partial charge in [-0.05, 0) is 37.5 Å². The molecular formula is C14H19ClN2O2. The van der Waals surface area contributed by atoms with Crippen LogP contribution >= 0.6 is 11.6 Å². The van der Waals surface area contributed by atoms with Crippen molar-refractivity contribution >= 4 is 29.1 Å². The van der Waals surface area contributed by atoms with Gasteiger partial charge >= 0.3 is 0 Å². The molecule has 0 spiro atoms. The number of halogens is 1.